The van der Waals surface area contributed by atoms with Crippen LogP contribution in [0.2, 0.25) is 5.15 Å². The summed E-state index contributed by atoms with van der Waals surface area (Å²) in [5, 5.41) is 3.83. The maximum absolute atomic E-state index is 6.00. The van der Waals surface area contributed by atoms with Crippen molar-refractivity contribution in [1.82, 2.24) is 14.9 Å². The minimum absolute atomic E-state index is 0.358. The zero-order chi connectivity index (χ0) is 12.5. The third kappa shape index (κ3) is 2.12. The van der Waals surface area contributed by atoms with E-state index in [-0.39, 0.29) is 0 Å². The van der Waals surface area contributed by atoms with E-state index in [1.54, 1.807) is 7.11 Å². The minimum Gasteiger partial charge on any atom is -0.490 e. The lowest BCUT2D eigenvalue weighted by atomic mass is 9.84. The Balaban J connectivity index is 1.78. The fraction of sp³-hybridized carbons (Fsp3) is 0.667. The lowest BCUT2D eigenvalue weighted by Crippen LogP contribution is -2.53. The van der Waals surface area contributed by atoms with Crippen LogP contribution in [0.3, 0.4) is 0 Å². The van der Waals surface area contributed by atoms with Gasteiger partial charge in [-0.05, 0) is 31.8 Å². The van der Waals surface area contributed by atoms with Crippen molar-refractivity contribution in [3.63, 3.8) is 0 Å². The number of methoxy groups -OCH3 is 1. The van der Waals surface area contributed by atoms with Crippen LogP contribution in [-0.2, 0) is 0 Å². The number of aromatic nitrogens is 2. The summed E-state index contributed by atoms with van der Waals surface area (Å²) in [6, 6.07) is 0.437. The first-order chi connectivity index (χ1) is 8.78. The van der Waals surface area contributed by atoms with Gasteiger partial charge in [-0.15, -0.1) is 0 Å². The zero-order valence-electron chi connectivity index (χ0n) is 10.4. The Morgan fingerprint density at radius 3 is 2.78 bits per heavy atom. The predicted molar refractivity (Wildman–Crippen MR) is 70.2 cm³/mol. The Kier molecular flexibility index (Phi) is 3.26. The predicted octanol–water partition coefficient (Wildman–Crippen LogP) is 1.64. The second-order valence-electron chi connectivity index (χ2n) is 4.94. The molecule has 2 bridgehead atoms. The van der Waals surface area contributed by atoms with Gasteiger partial charge in [0.1, 0.15) is 6.33 Å². The van der Waals surface area contributed by atoms with Crippen molar-refractivity contribution in [2.24, 2.45) is 5.92 Å². The van der Waals surface area contributed by atoms with Crippen LogP contribution in [0.25, 0.3) is 0 Å². The average Bonchev–Trinajstić information content (AvgIpc) is 2.40. The molecule has 1 atom stereocenters. The van der Waals surface area contributed by atoms with Crippen molar-refractivity contribution in [3.05, 3.63) is 11.5 Å². The van der Waals surface area contributed by atoms with Gasteiger partial charge in [-0.1, -0.05) is 11.6 Å². The van der Waals surface area contributed by atoms with E-state index in [4.69, 9.17) is 16.3 Å². The number of nitrogens with one attached hydrogen (secondary N) is 1. The van der Waals surface area contributed by atoms with Gasteiger partial charge >= 0.3 is 0 Å². The Bertz CT molecular complexity index is 434. The highest BCUT2D eigenvalue weighted by Crippen LogP contribution is 2.33. The summed E-state index contributed by atoms with van der Waals surface area (Å²) >= 11 is 6.00. The maximum atomic E-state index is 6.00. The van der Waals surface area contributed by atoms with Crippen LogP contribution in [0.4, 0.5) is 5.82 Å². The SMILES string of the molecule is COc1c(Cl)ncnc1NC1CN2CCC1CC2. The highest BCUT2D eigenvalue weighted by atomic mass is 35.5. The first-order valence-corrected chi connectivity index (χ1v) is 6.69. The second-order valence-corrected chi connectivity index (χ2v) is 5.29. The monoisotopic (exact) mass is 268 g/mol. The summed E-state index contributed by atoms with van der Waals surface area (Å²) in [7, 11) is 1.59. The van der Waals surface area contributed by atoms with E-state index in [0.29, 0.717) is 22.8 Å². The molecule has 18 heavy (non-hydrogen) atoms. The third-order valence-electron chi connectivity index (χ3n) is 3.94. The summed E-state index contributed by atoms with van der Waals surface area (Å²) in [5.41, 5.74) is 0. The number of anilines is 1. The van der Waals surface area contributed by atoms with Crippen LogP contribution in [0, 0.1) is 5.92 Å². The number of hydrogen-bond acceptors (Lipinski definition) is 5. The smallest absolute Gasteiger partial charge is 0.198 e. The molecule has 1 N–H and O–H groups in total. The van der Waals surface area contributed by atoms with Crippen LogP contribution >= 0.6 is 11.6 Å². The van der Waals surface area contributed by atoms with Crippen molar-refractivity contribution in [2.75, 3.05) is 32.1 Å². The summed E-state index contributed by atoms with van der Waals surface area (Å²) < 4.78 is 5.26. The van der Waals surface area contributed by atoms with Gasteiger partial charge in [-0.3, -0.25) is 0 Å². The van der Waals surface area contributed by atoms with Crippen molar-refractivity contribution < 1.29 is 4.74 Å². The van der Waals surface area contributed by atoms with E-state index in [1.165, 1.54) is 32.3 Å². The molecule has 1 aromatic rings. The normalized spacial score (nSPS) is 30.2. The first kappa shape index (κ1) is 12.0. The summed E-state index contributed by atoms with van der Waals surface area (Å²) in [5.74, 6) is 1.97. The molecular formula is C12H17ClN4O. The molecule has 4 heterocycles. The Hall–Kier alpha value is -1.07. The highest BCUT2D eigenvalue weighted by molar-refractivity contribution is 6.31. The molecule has 3 aliphatic rings. The van der Waals surface area contributed by atoms with Crippen LogP contribution < -0.4 is 10.1 Å². The fourth-order valence-electron chi connectivity index (χ4n) is 2.94. The molecule has 0 saturated carbocycles. The fourth-order valence-corrected chi connectivity index (χ4v) is 3.15. The zero-order valence-corrected chi connectivity index (χ0v) is 11.2. The van der Waals surface area contributed by atoms with Crippen molar-refractivity contribution in [2.45, 2.75) is 18.9 Å². The van der Waals surface area contributed by atoms with E-state index in [0.717, 1.165) is 12.5 Å². The number of hydrogen-bond donors (Lipinski definition) is 1. The number of piperidine rings is 3. The van der Waals surface area contributed by atoms with Gasteiger partial charge in [-0.25, -0.2) is 9.97 Å². The van der Waals surface area contributed by atoms with E-state index < -0.39 is 0 Å². The highest BCUT2D eigenvalue weighted by Gasteiger charge is 2.34. The summed E-state index contributed by atoms with van der Waals surface area (Å²) in [6.07, 6.45) is 3.99. The number of nitrogens with zero attached hydrogens (tertiary/aromatic N) is 3. The molecule has 3 fully saturated rings. The molecule has 1 aromatic heterocycles. The molecule has 0 amide bonds. The lowest BCUT2D eigenvalue weighted by molar-refractivity contribution is 0.0972. The van der Waals surface area contributed by atoms with Crippen LogP contribution in [-0.4, -0.2) is 47.7 Å². The molecule has 98 valence electrons. The van der Waals surface area contributed by atoms with Gasteiger partial charge in [0.05, 0.1) is 7.11 Å². The van der Waals surface area contributed by atoms with Crippen LogP contribution in [0.15, 0.2) is 6.33 Å². The van der Waals surface area contributed by atoms with Gasteiger partial charge in [0.15, 0.2) is 16.7 Å². The number of fused-ring (bicyclic) bond motifs is 3. The van der Waals surface area contributed by atoms with Crippen molar-refractivity contribution in [1.29, 1.82) is 0 Å². The standard InChI is InChI=1S/C12H17ClN4O/c1-18-10-11(13)14-7-15-12(10)16-9-6-17-4-2-8(9)3-5-17/h7-9H,2-6H2,1H3,(H,14,15,16). The van der Waals surface area contributed by atoms with Gasteiger partial charge in [0.2, 0.25) is 0 Å². The number of ether oxygens (including phenoxy) is 1. The number of rotatable bonds is 3. The summed E-state index contributed by atoms with van der Waals surface area (Å²) in [6.45, 7) is 3.53. The Labute approximate surface area is 112 Å². The second kappa shape index (κ2) is 4.90. The molecule has 6 heteroatoms. The Morgan fingerprint density at radius 1 is 1.39 bits per heavy atom. The molecule has 4 rings (SSSR count). The van der Waals surface area contributed by atoms with E-state index in [2.05, 4.69) is 20.2 Å². The lowest BCUT2D eigenvalue weighted by Gasteiger charge is -2.45. The quantitative estimate of drug-likeness (QED) is 0.845. The van der Waals surface area contributed by atoms with E-state index >= 15 is 0 Å². The van der Waals surface area contributed by atoms with Gasteiger partial charge in [0.25, 0.3) is 0 Å². The Morgan fingerprint density at radius 2 is 2.17 bits per heavy atom. The van der Waals surface area contributed by atoms with E-state index in [9.17, 15) is 0 Å². The van der Waals surface area contributed by atoms with Crippen molar-refractivity contribution in [3.8, 4) is 5.75 Å². The topological polar surface area (TPSA) is 50.3 Å². The van der Waals surface area contributed by atoms with E-state index in [1.807, 2.05) is 0 Å². The van der Waals surface area contributed by atoms with Gasteiger partial charge < -0.3 is 15.0 Å². The first-order valence-electron chi connectivity index (χ1n) is 6.31. The molecule has 0 spiro atoms. The molecule has 0 aromatic carbocycles. The largest absolute Gasteiger partial charge is 0.490 e. The molecule has 5 nitrogen and oxygen atoms in total. The van der Waals surface area contributed by atoms with Crippen LogP contribution in [0.1, 0.15) is 12.8 Å². The van der Waals surface area contributed by atoms with Crippen LogP contribution in [0.5, 0.6) is 5.75 Å². The maximum Gasteiger partial charge on any atom is 0.198 e. The number of halogens is 1. The third-order valence-corrected chi connectivity index (χ3v) is 4.21. The van der Waals surface area contributed by atoms with Gasteiger partial charge in [0, 0.05) is 12.6 Å². The minimum atomic E-state index is 0.358. The van der Waals surface area contributed by atoms with Crippen molar-refractivity contribution >= 4 is 17.4 Å². The molecular weight excluding hydrogens is 252 g/mol. The average molecular weight is 269 g/mol. The molecule has 0 aliphatic carbocycles. The molecule has 3 saturated heterocycles. The van der Waals surface area contributed by atoms with Gasteiger partial charge in [-0.2, -0.15) is 0 Å². The molecule has 3 aliphatic heterocycles. The summed E-state index contributed by atoms with van der Waals surface area (Å²) in [4.78, 5) is 10.7. The molecule has 0 radical (unpaired) electrons. The molecule has 1 unspecified atom stereocenters.